The van der Waals surface area contributed by atoms with Crippen LogP contribution in [0.15, 0.2) is 42.5 Å². The number of primary amides is 1. The minimum absolute atomic E-state index is 0.104. The molecule has 2 N–H and O–H groups in total. The predicted molar refractivity (Wildman–Crippen MR) is 75.2 cm³/mol. The van der Waals surface area contributed by atoms with Gasteiger partial charge in [0.15, 0.2) is 0 Å². The summed E-state index contributed by atoms with van der Waals surface area (Å²) < 4.78 is 18.5. The van der Waals surface area contributed by atoms with Crippen LogP contribution < -0.4 is 5.73 Å². The second-order valence-electron chi connectivity index (χ2n) is 4.56. The van der Waals surface area contributed by atoms with Gasteiger partial charge in [-0.1, -0.05) is 24.3 Å². The number of benzene rings is 2. The molecule has 2 rings (SSSR count). The molecule has 0 bridgehead atoms. The Bertz CT molecular complexity index is 698. The van der Waals surface area contributed by atoms with E-state index in [4.69, 9.17) is 10.5 Å². The highest BCUT2D eigenvalue weighted by atomic mass is 19.1. The molecule has 1 amide bonds. The lowest BCUT2D eigenvalue weighted by atomic mass is 10.1. The van der Waals surface area contributed by atoms with Crippen LogP contribution in [0.2, 0.25) is 0 Å². The van der Waals surface area contributed by atoms with Crippen LogP contribution >= 0.6 is 0 Å². The zero-order valence-electron chi connectivity index (χ0n) is 11.4. The van der Waals surface area contributed by atoms with Gasteiger partial charge in [-0.05, 0) is 30.7 Å². The first kappa shape index (κ1) is 14.7. The molecule has 0 unspecified atom stereocenters. The number of nitrogens with two attached hydrogens (primary N) is 1. The average molecular weight is 287 g/mol. The summed E-state index contributed by atoms with van der Waals surface area (Å²) >= 11 is 0. The highest BCUT2D eigenvalue weighted by Crippen LogP contribution is 2.13. The van der Waals surface area contributed by atoms with Gasteiger partial charge in [0.05, 0.1) is 5.56 Å². The van der Waals surface area contributed by atoms with Crippen LogP contribution in [-0.4, -0.2) is 11.9 Å². The van der Waals surface area contributed by atoms with E-state index in [1.54, 1.807) is 31.2 Å². The molecule has 108 valence electrons. The van der Waals surface area contributed by atoms with Crippen molar-refractivity contribution in [2.24, 2.45) is 5.73 Å². The van der Waals surface area contributed by atoms with Gasteiger partial charge in [-0.2, -0.15) is 0 Å². The summed E-state index contributed by atoms with van der Waals surface area (Å²) in [6, 6.07) is 10.7. The summed E-state index contributed by atoms with van der Waals surface area (Å²) in [7, 11) is 0. The maximum atomic E-state index is 13.4. The quantitative estimate of drug-likeness (QED) is 0.879. The van der Waals surface area contributed by atoms with Crippen LogP contribution in [0.1, 0.15) is 31.8 Å². The second-order valence-corrected chi connectivity index (χ2v) is 4.56. The molecular formula is C16H14FNO3. The van der Waals surface area contributed by atoms with Crippen LogP contribution in [0.5, 0.6) is 0 Å². The summed E-state index contributed by atoms with van der Waals surface area (Å²) in [5.41, 5.74) is 6.61. The number of rotatable bonds is 4. The number of carbonyl (C=O) groups is 2. The smallest absolute Gasteiger partial charge is 0.338 e. The molecule has 0 saturated heterocycles. The lowest BCUT2D eigenvalue weighted by Crippen LogP contribution is -2.15. The van der Waals surface area contributed by atoms with Gasteiger partial charge in [0.2, 0.25) is 5.91 Å². The van der Waals surface area contributed by atoms with Crippen molar-refractivity contribution in [2.45, 2.75) is 13.5 Å². The van der Waals surface area contributed by atoms with Crippen LogP contribution in [-0.2, 0) is 11.3 Å². The van der Waals surface area contributed by atoms with Crippen molar-refractivity contribution < 1.29 is 18.7 Å². The third-order valence-electron chi connectivity index (χ3n) is 3.05. The SMILES string of the molecule is Cc1ccc(C(=O)OCc2ccccc2C(N)=O)cc1F. The molecule has 0 aliphatic heterocycles. The second kappa shape index (κ2) is 6.17. The largest absolute Gasteiger partial charge is 0.457 e. The average Bonchev–Trinajstić information content (AvgIpc) is 2.47. The predicted octanol–water partition coefficient (Wildman–Crippen LogP) is 2.59. The van der Waals surface area contributed by atoms with Crippen molar-refractivity contribution in [3.8, 4) is 0 Å². The highest BCUT2D eigenvalue weighted by Gasteiger charge is 2.12. The maximum absolute atomic E-state index is 13.4. The Kier molecular flexibility index (Phi) is 4.33. The molecule has 0 heterocycles. The Labute approximate surface area is 121 Å². The standard InChI is InChI=1S/C16H14FNO3/c1-10-6-7-11(8-14(10)17)16(20)21-9-12-4-2-3-5-13(12)15(18)19/h2-8H,9H2,1H3,(H2,18,19). The fourth-order valence-corrected chi connectivity index (χ4v) is 1.83. The number of ether oxygens (including phenoxy) is 1. The van der Waals surface area contributed by atoms with E-state index in [1.807, 2.05) is 0 Å². The van der Waals surface area contributed by atoms with E-state index in [0.29, 0.717) is 16.7 Å². The molecule has 4 nitrogen and oxygen atoms in total. The number of aryl methyl sites for hydroxylation is 1. The Balaban J connectivity index is 2.11. The van der Waals surface area contributed by atoms with E-state index >= 15 is 0 Å². The number of hydrogen-bond donors (Lipinski definition) is 1. The minimum Gasteiger partial charge on any atom is -0.457 e. The summed E-state index contributed by atoms with van der Waals surface area (Å²) in [5, 5.41) is 0. The van der Waals surface area contributed by atoms with Gasteiger partial charge in [-0.3, -0.25) is 4.79 Å². The maximum Gasteiger partial charge on any atom is 0.338 e. The van der Waals surface area contributed by atoms with Gasteiger partial charge in [0.25, 0.3) is 0 Å². The van der Waals surface area contributed by atoms with E-state index in [2.05, 4.69) is 0 Å². The Morgan fingerprint density at radius 2 is 1.90 bits per heavy atom. The van der Waals surface area contributed by atoms with E-state index in [-0.39, 0.29) is 12.2 Å². The fourth-order valence-electron chi connectivity index (χ4n) is 1.83. The molecule has 5 heteroatoms. The summed E-state index contributed by atoms with van der Waals surface area (Å²) in [4.78, 5) is 23.1. The van der Waals surface area contributed by atoms with Gasteiger partial charge >= 0.3 is 5.97 Å². The number of amides is 1. The molecule has 2 aromatic carbocycles. The Morgan fingerprint density at radius 3 is 2.57 bits per heavy atom. The lowest BCUT2D eigenvalue weighted by molar-refractivity contribution is 0.0470. The summed E-state index contributed by atoms with van der Waals surface area (Å²) in [6.45, 7) is 1.50. The van der Waals surface area contributed by atoms with Crippen LogP contribution in [0.4, 0.5) is 4.39 Å². The summed E-state index contributed by atoms with van der Waals surface area (Å²) in [6.07, 6.45) is 0. The molecule has 0 radical (unpaired) electrons. The van der Waals surface area contributed by atoms with Crippen molar-refractivity contribution in [2.75, 3.05) is 0 Å². The first-order chi connectivity index (χ1) is 9.99. The van der Waals surface area contributed by atoms with Crippen LogP contribution in [0, 0.1) is 12.7 Å². The molecule has 0 fully saturated rings. The van der Waals surface area contributed by atoms with E-state index in [9.17, 15) is 14.0 Å². The van der Waals surface area contributed by atoms with Gasteiger partial charge in [-0.15, -0.1) is 0 Å². The topological polar surface area (TPSA) is 69.4 Å². The first-order valence-corrected chi connectivity index (χ1v) is 6.30. The van der Waals surface area contributed by atoms with Crippen molar-refractivity contribution >= 4 is 11.9 Å². The Hall–Kier alpha value is -2.69. The van der Waals surface area contributed by atoms with Crippen molar-refractivity contribution in [3.05, 3.63) is 70.5 Å². The van der Waals surface area contributed by atoms with Gasteiger partial charge in [0, 0.05) is 11.1 Å². The van der Waals surface area contributed by atoms with E-state index < -0.39 is 17.7 Å². The Morgan fingerprint density at radius 1 is 1.19 bits per heavy atom. The molecule has 21 heavy (non-hydrogen) atoms. The molecule has 0 saturated carbocycles. The molecular weight excluding hydrogens is 273 g/mol. The number of esters is 1. The van der Waals surface area contributed by atoms with E-state index in [0.717, 1.165) is 6.07 Å². The van der Waals surface area contributed by atoms with Gasteiger partial charge in [-0.25, -0.2) is 9.18 Å². The van der Waals surface area contributed by atoms with Crippen molar-refractivity contribution in [3.63, 3.8) is 0 Å². The number of hydrogen-bond acceptors (Lipinski definition) is 3. The normalized spacial score (nSPS) is 10.2. The zero-order chi connectivity index (χ0) is 15.4. The van der Waals surface area contributed by atoms with Crippen molar-refractivity contribution in [1.82, 2.24) is 0 Å². The van der Waals surface area contributed by atoms with E-state index in [1.165, 1.54) is 12.1 Å². The fraction of sp³-hybridized carbons (Fsp3) is 0.125. The minimum atomic E-state index is -0.659. The molecule has 0 spiro atoms. The first-order valence-electron chi connectivity index (χ1n) is 6.30. The molecule has 0 aliphatic carbocycles. The van der Waals surface area contributed by atoms with Gasteiger partial charge in [0.1, 0.15) is 12.4 Å². The zero-order valence-corrected chi connectivity index (χ0v) is 11.4. The number of halogens is 1. The molecule has 0 aliphatic rings. The van der Waals surface area contributed by atoms with Crippen molar-refractivity contribution in [1.29, 1.82) is 0 Å². The lowest BCUT2D eigenvalue weighted by Gasteiger charge is -2.08. The van der Waals surface area contributed by atoms with Crippen LogP contribution in [0.3, 0.4) is 0 Å². The molecule has 0 atom stereocenters. The summed E-state index contributed by atoms with van der Waals surface area (Å²) in [5.74, 6) is -1.72. The molecule has 2 aromatic rings. The number of carbonyl (C=O) groups excluding carboxylic acids is 2. The highest BCUT2D eigenvalue weighted by molar-refractivity contribution is 5.94. The van der Waals surface area contributed by atoms with Gasteiger partial charge < -0.3 is 10.5 Å². The third kappa shape index (κ3) is 3.45. The molecule has 0 aromatic heterocycles. The van der Waals surface area contributed by atoms with Crippen LogP contribution in [0.25, 0.3) is 0 Å². The third-order valence-corrected chi connectivity index (χ3v) is 3.05. The monoisotopic (exact) mass is 287 g/mol.